The summed E-state index contributed by atoms with van der Waals surface area (Å²) >= 11 is 6.16. The molecule has 5 heteroatoms. The van der Waals surface area contributed by atoms with Crippen LogP contribution in [0, 0.1) is 5.82 Å². The zero-order valence-electron chi connectivity index (χ0n) is 12.9. The Hall–Kier alpha value is -2.07. The van der Waals surface area contributed by atoms with Crippen LogP contribution in [0.3, 0.4) is 0 Å². The minimum absolute atomic E-state index is 0.0764. The van der Waals surface area contributed by atoms with Crippen LogP contribution in [-0.4, -0.2) is 16.4 Å². The quantitative estimate of drug-likeness (QED) is 0.753. The molecule has 0 saturated carbocycles. The van der Waals surface area contributed by atoms with E-state index >= 15 is 0 Å². The Balaban J connectivity index is 1.77. The molecular weight excluding hydrogens is 315 g/mol. The number of nitrogens with zero attached hydrogens (tertiary/aromatic N) is 2. The molecule has 0 fully saturated rings. The second kappa shape index (κ2) is 4.96. The molecule has 0 spiro atoms. The number of hydrogen-bond acceptors (Lipinski definition) is 3. The van der Waals surface area contributed by atoms with Crippen molar-refractivity contribution in [2.75, 3.05) is 0 Å². The van der Waals surface area contributed by atoms with Crippen LogP contribution in [0.5, 0.6) is 5.75 Å². The van der Waals surface area contributed by atoms with Gasteiger partial charge < -0.3 is 4.74 Å². The van der Waals surface area contributed by atoms with E-state index in [1.807, 2.05) is 37.1 Å². The first kappa shape index (κ1) is 14.5. The molecule has 2 heterocycles. The Morgan fingerprint density at radius 2 is 1.96 bits per heavy atom. The van der Waals surface area contributed by atoms with Crippen LogP contribution in [0.15, 0.2) is 47.6 Å². The maximum Gasteiger partial charge on any atom is 0.192 e. The average Bonchev–Trinajstić information content (AvgIpc) is 2.95. The van der Waals surface area contributed by atoms with Crippen molar-refractivity contribution in [1.82, 2.24) is 5.01 Å². The molecule has 2 aromatic rings. The standard InChI is InChI=1S/C18H16ClFN2O/c1-18(2)22-16(14-9-12(19)5-8-17(14)23-18)10-15(21-22)11-3-6-13(20)7-4-11/h3-9,16H,10H2,1-2H3. The van der Waals surface area contributed by atoms with Gasteiger partial charge in [-0.05, 0) is 49.7 Å². The molecule has 2 aliphatic heterocycles. The maximum absolute atomic E-state index is 13.1. The smallest absolute Gasteiger partial charge is 0.192 e. The third kappa shape index (κ3) is 2.38. The number of benzene rings is 2. The molecule has 0 aliphatic carbocycles. The molecule has 3 nitrogen and oxygen atoms in total. The lowest BCUT2D eigenvalue weighted by Gasteiger charge is -2.43. The third-order valence-electron chi connectivity index (χ3n) is 4.33. The van der Waals surface area contributed by atoms with Crippen molar-refractivity contribution >= 4 is 17.3 Å². The van der Waals surface area contributed by atoms with E-state index in [9.17, 15) is 4.39 Å². The van der Waals surface area contributed by atoms with Gasteiger partial charge >= 0.3 is 0 Å². The zero-order valence-corrected chi connectivity index (χ0v) is 13.6. The van der Waals surface area contributed by atoms with Crippen LogP contribution < -0.4 is 4.74 Å². The molecule has 0 saturated heterocycles. The first-order valence-electron chi connectivity index (χ1n) is 7.55. The summed E-state index contributed by atoms with van der Waals surface area (Å²) in [7, 11) is 0. The van der Waals surface area contributed by atoms with Crippen molar-refractivity contribution in [1.29, 1.82) is 0 Å². The van der Waals surface area contributed by atoms with Crippen LogP contribution in [0.4, 0.5) is 4.39 Å². The minimum Gasteiger partial charge on any atom is -0.467 e. The molecule has 118 valence electrons. The first-order valence-corrected chi connectivity index (χ1v) is 7.93. The third-order valence-corrected chi connectivity index (χ3v) is 4.57. The molecular formula is C18H16ClFN2O. The van der Waals surface area contributed by atoms with Crippen LogP contribution in [0.1, 0.15) is 37.4 Å². The van der Waals surface area contributed by atoms with Gasteiger partial charge in [-0.1, -0.05) is 23.7 Å². The largest absolute Gasteiger partial charge is 0.467 e. The highest BCUT2D eigenvalue weighted by Gasteiger charge is 2.44. The molecule has 23 heavy (non-hydrogen) atoms. The zero-order chi connectivity index (χ0) is 16.2. The fourth-order valence-corrected chi connectivity index (χ4v) is 3.43. The number of ether oxygens (including phenoxy) is 1. The van der Waals surface area contributed by atoms with Gasteiger partial charge in [-0.15, -0.1) is 0 Å². The molecule has 0 amide bonds. The van der Waals surface area contributed by atoms with E-state index in [2.05, 4.69) is 0 Å². The van der Waals surface area contributed by atoms with Gasteiger partial charge in [0.15, 0.2) is 5.72 Å². The Bertz CT molecular complexity index is 801. The Labute approximate surface area is 139 Å². The summed E-state index contributed by atoms with van der Waals surface area (Å²) in [5.74, 6) is 0.599. The summed E-state index contributed by atoms with van der Waals surface area (Å²) < 4.78 is 19.2. The lowest BCUT2D eigenvalue weighted by Crippen LogP contribution is -2.48. The van der Waals surface area contributed by atoms with Gasteiger partial charge in [-0.3, -0.25) is 0 Å². The van der Waals surface area contributed by atoms with E-state index in [1.54, 1.807) is 12.1 Å². The molecule has 1 unspecified atom stereocenters. The summed E-state index contributed by atoms with van der Waals surface area (Å²) in [6, 6.07) is 12.2. The maximum atomic E-state index is 13.1. The molecule has 4 rings (SSSR count). The predicted molar refractivity (Wildman–Crippen MR) is 88.3 cm³/mol. The van der Waals surface area contributed by atoms with Crippen LogP contribution >= 0.6 is 11.6 Å². The molecule has 0 radical (unpaired) electrons. The fraction of sp³-hybridized carbons (Fsp3) is 0.278. The van der Waals surface area contributed by atoms with Gasteiger partial charge in [0.25, 0.3) is 0 Å². The van der Waals surface area contributed by atoms with Crippen molar-refractivity contribution in [3.05, 3.63) is 64.4 Å². The number of hydrazone groups is 1. The van der Waals surface area contributed by atoms with E-state index in [4.69, 9.17) is 21.4 Å². The second-order valence-electron chi connectivity index (χ2n) is 6.35. The first-order chi connectivity index (χ1) is 10.9. The molecule has 1 atom stereocenters. The lowest BCUT2D eigenvalue weighted by molar-refractivity contribution is -0.0911. The number of hydrogen-bond donors (Lipinski definition) is 0. The second-order valence-corrected chi connectivity index (χ2v) is 6.79. The molecule has 0 N–H and O–H groups in total. The topological polar surface area (TPSA) is 24.8 Å². The predicted octanol–water partition coefficient (Wildman–Crippen LogP) is 4.76. The van der Waals surface area contributed by atoms with Gasteiger partial charge in [-0.25, -0.2) is 9.40 Å². The number of rotatable bonds is 1. The van der Waals surface area contributed by atoms with Crippen molar-refractivity contribution in [3.63, 3.8) is 0 Å². The summed E-state index contributed by atoms with van der Waals surface area (Å²) in [5.41, 5.74) is 2.35. The Morgan fingerprint density at radius 3 is 2.70 bits per heavy atom. The molecule has 2 aromatic carbocycles. The SMILES string of the molecule is CC1(C)Oc2ccc(Cl)cc2C2CC(c3ccc(F)cc3)=NN21. The van der Waals surface area contributed by atoms with E-state index < -0.39 is 5.72 Å². The van der Waals surface area contributed by atoms with Crippen molar-refractivity contribution in [3.8, 4) is 5.75 Å². The fourth-order valence-electron chi connectivity index (χ4n) is 3.25. The minimum atomic E-state index is -0.548. The van der Waals surface area contributed by atoms with Crippen molar-refractivity contribution in [2.45, 2.75) is 32.0 Å². The van der Waals surface area contributed by atoms with E-state index in [0.717, 1.165) is 29.0 Å². The molecule has 2 aliphatic rings. The van der Waals surface area contributed by atoms with Crippen LogP contribution in [0.2, 0.25) is 5.02 Å². The monoisotopic (exact) mass is 330 g/mol. The van der Waals surface area contributed by atoms with Gasteiger partial charge in [0.2, 0.25) is 0 Å². The van der Waals surface area contributed by atoms with E-state index in [0.29, 0.717) is 5.02 Å². The van der Waals surface area contributed by atoms with Crippen molar-refractivity contribution in [2.24, 2.45) is 5.10 Å². The number of fused-ring (bicyclic) bond motifs is 3. The Morgan fingerprint density at radius 1 is 1.22 bits per heavy atom. The van der Waals surface area contributed by atoms with Gasteiger partial charge in [0, 0.05) is 17.0 Å². The lowest BCUT2D eigenvalue weighted by atomic mass is 9.95. The van der Waals surface area contributed by atoms with Gasteiger partial charge in [0.05, 0.1) is 11.8 Å². The summed E-state index contributed by atoms with van der Waals surface area (Å²) in [4.78, 5) is 0. The van der Waals surface area contributed by atoms with Gasteiger partial charge in [0.1, 0.15) is 11.6 Å². The van der Waals surface area contributed by atoms with E-state index in [1.165, 1.54) is 12.1 Å². The van der Waals surface area contributed by atoms with Crippen LogP contribution in [-0.2, 0) is 0 Å². The average molecular weight is 331 g/mol. The summed E-state index contributed by atoms with van der Waals surface area (Å²) in [6.07, 6.45) is 0.742. The number of halogens is 2. The van der Waals surface area contributed by atoms with Crippen LogP contribution in [0.25, 0.3) is 0 Å². The highest BCUT2D eigenvalue weighted by atomic mass is 35.5. The normalized spacial score (nSPS) is 21.3. The van der Waals surface area contributed by atoms with Gasteiger partial charge in [-0.2, -0.15) is 5.10 Å². The Kier molecular flexibility index (Phi) is 3.13. The van der Waals surface area contributed by atoms with E-state index in [-0.39, 0.29) is 11.9 Å². The highest BCUT2D eigenvalue weighted by molar-refractivity contribution is 6.30. The van der Waals surface area contributed by atoms with Crippen molar-refractivity contribution < 1.29 is 9.13 Å². The molecule has 0 aromatic heterocycles. The highest BCUT2D eigenvalue weighted by Crippen LogP contribution is 2.47. The summed E-state index contributed by atoms with van der Waals surface area (Å²) in [6.45, 7) is 3.99. The summed E-state index contributed by atoms with van der Waals surface area (Å²) in [5, 5.41) is 7.41. The molecule has 0 bridgehead atoms.